The van der Waals surface area contributed by atoms with Crippen molar-refractivity contribution >= 4 is 17.4 Å². The molecule has 1 aromatic rings. The maximum Gasteiger partial charge on any atom is 0.125 e. The zero-order chi connectivity index (χ0) is 10.6. The van der Waals surface area contributed by atoms with Crippen LogP contribution in [-0.4, -0.2) is 5.25 Å². The second kappa shape index (κ2) is 5.25. The molecule has 14 heavy (non-hydrogen) atoms. The summed E-state index contributed by atoms with van der Waals surface area (Å²) in [5, 5.41) is 0.611. The highest BCUT2D eigenvalue weighted by molar-refractivity contribution is 7.99. The van der Waals surface area contributed by atoms with Crippen LogP contribution >= 0.6 is 11.8 Å². The van der Waals surface area contributed by atoms with Gasteiger partial charge in [-0.2, -0.15) is 11.8 Å². The van der Waals surface area contributed by atoms with Gasteiger partial charge in [0.2, 0.25) is 0 Å². The Morgan fingerprint density at radius 3 is 2.71 bits per heavy atom. The molecule has 0 aliphatic carbocycles. The van der Waals surface area contributed by atoms with Crippen molar-refractivity contribution in [1.29, 1.82) is 0 Å². The molecule has 1 nitrogen and oxygen atoms in total. The summed E-state index contributed by atoms with van der Waals surface area (Å²) in [7, 11) is 0. The van der Waals surface area contributed by atoms with E-state index in [0.717, 1.165) is 17.7 Å². The molecule has 0 aromatic heterocycles. The van der Waals surface area contributed by atoms with E-state index in [4.69, 9.17) is 5.73 Å². The van der Waals surface area contributed by atoms with Crippen molar-refractivity contribution in [1.82, 2.24) is 0 Å². The maximum absolute atomic E-state index is 12.9. The Morgan fingerprint density at radius 2 is 2.14 bits per heavy atom. The minimum absolute atomic E-state index is 0.246. The van der Waals surface area contributed by atoms with Gasteiger partial charge in [-0.25, -0.2) is 4.39 Å². The molecule has 1 rings (SSSR count). The molecule has 1 aromatic carbocycles. The fourth-order valence-electron chi connectivity index (χ4n) is 1.12. The van der Waals surface area contributed by atoms with Crippen LogP contribution in [0.25, 0.3) is 0 Å². The Labute approximate surface area is 88.9 Å². The smallest absolute Gasteiger partial charge is 0.125 e. The SMILES string of the molecule is CCC(C)SCc1cc(N)cc(F)c1. The first-order chi connectivity index (χ1) is 6.61. The average Bonchev–Trinajstić information content (AvgIpc) is 2.12. The predicted molar refractivity (Wildman–Crippen MR) is 61.9 cm³/mol. The molecule has 2 N–H and O–H groups in total. The molecule has 3 heteroatoms. The van der Waals surface area contributed by atoms with Crippen molar-refractivity contribution in [3.05, 3.63) is 29.6 Å². The highest BCUT2D eigenvalue weighted by Crippen LogP contribution is 2.21. The number of rotatable bonds is 4. The molecular formula is C11H16FNS. The van der Waals surface area contributed by atoms with E-state index in [1.165, 1.54) is 6.07 Å². The molecule has 0 spiro atoms. The van der Waals surface area contributed by atoms with Gasteiger partial charge in [0.05, 0.1) is 0 Å². The first-order valence-corrected chi connectivity index (χ1v) is 5.83. The Bertz CT molecular complexity index is 281. The van der Waals surface area contributed by atoms with Crippen molar-refractivity contribution < 1.29 is 4.39 Å². The third-order valence-electron chi connectivity index (χ3n) is 2.09. The molecule has 78 valence electrons. The van der Waals surface area contributed by atoms with Crippen molar-refractivity contribution in [2.75, 3.05) is 5.73 Å². The summed E-state index contributed by atoms with van der Waals surface area (Å²) in [5.74, 6) is 0.585. The van der Waals surface area contributed by atoms with Gasteiger partial charge in [-0.1, -0.05) is 13.8 Å². The number of nitrogen functional groups attached to an aromatic ring is 1. The van der Waals surface area contributed by atoms with Crippen molar-refractivity contribution in [2.24, 2.45) is 0 Å². The van der Waals surface area contributed by atoms with Gasteiger partial charge in [0, 0.05) is 16.7 Å². The van der Waals surface area contributed by atoms with Gasteiger partial charge < -0.3 is 5.73 Å². The standard InChI is InChI=1S/C11H16FNS/c1-3-8(2)14-7-9-4-10(12)6-11(13)5-9/h4-6,8H,3,7,13H2,1-2H3. The maximum atomic E-state index is 12.9. The molecule has 1 atom stereocenters. The highest BCUT2D eigenvalue weighted by Gasteiger charge is 2.02. The lowest BCUT2D eigenvalue weighted by Crippen LogP contribution is -1.95. The fourth-order valence-corrected chi connectivity index (χ4v) is 1.99. The van der Waals surface area contributed by atoms with E-state index in [0.29, 0.717) is 10.9 Å². The van der Waals surface area contributed by atoms with E-state index in [9.17, 15) is 4.39 Å². The minimum atomic E-state index is -0.246. The van der Waals surface area contributed by atoms with E-state index in [2.05, 4.69) is 13.8 Å². The number of thioether (sulfide) groups is 1. The summed E-state index contributed by atoms with van der Waals surface area (Å²) in [6.45, 7) is 4.32. The zero-order valence-corrected chi connectivity index (χ0v) is 9.40. The Morgan fingerprint density at radius 1 is 1.43 bits per heavy atom. The fraction of sp³-hybridized carbons (Fsp3) is 0.455. The lowest BCUT2D eigenvalue weighted by Gasteiger charge is -2.08. The first-order valence-electron chi connectivity index (χ1n) is 4.78. The number of anilines is 1. The van der Waals surface area contributed by atoms with Gasteiger partial charge in [0.1, 0.15) is 5.82 Å². The summed E-state index contributed by atoms with van der Waals surface area (Å²) in [6, 6.07) is 4.72. The van der Waals surface area contributed by atoms with E-state index in [1.54, 1.807) is 6.07 Å². The molecule has 0 amide bonds. The molecular weight excluding hydrogens is 197 g/mol. The van der Waals surface area contributed by atoms with Crippen LogP contribution in [0.1, 0.15) is 25.8 Å². The quantitative estimate of drug-likeness (QED) is 0.775. The number of nitrogens with two attached hydrogens (primary N) is 1. The molecule has 0 saturated heterocycles. The normalized spacial score (nSPS) is 12.8. The van der Waals surface area contributed by atoms with Gasteiger partial charge in [-0.05, 0) is 30.2 Å². The van der Waals surface area contributed by atoms with Crippen molar-refractivity contribution in [3.8, 4) is 0 Å². The third-order valence-corrected chi connectivity index (χ3v) is 3.49. The summed E-state index contributed by atoms with van der Waals surface area (Å²) in [4.78, 5) is 0. The molecule has 0 heterocycles. The van der Waals surface area contributed by atoms with Crippen LogP contribution in [0.2, 0.25) is 0 Å². The third kappa shape index (κ3) is 3.58. The monoisotopic (exact) mass is 213 g/mol. The molecule has 1 unspecified atom stereocenters. The topological polar surface area (TPSA) is 26.0 Å². The molecule has 0 aliphatic heterocycles. The first kappa shape index (κ1) is 11.4. The van der Waals surface area contributed by atoms with E-state index < -0.39 is 0 Å². The van der Waals surface area contributed by atoms with Crippen molar-refractivity contribution in [3.63, 3.8) is 0 Å². The van der Waals surface area contributed by atoms with Crippen LogP contribution in [0.15, 0.2) is 18.2 Å². The minimum Gasteiger partial charge on any atom is -0.399 e. The van der Waals surface area contributed by atoms with E-state index in [-0.39, 0.29) is 5.82 Å². The number of hydrogen-bond acceptors (Lipinski definition) is 2. The van der Waals surface area contributed by atoms with Crippen LogP contribution < -0.4 is 5.73 Å². The summed E-state index contributed by atoms with van der Waals surface area (Å²) in [5.41, 5.74) is 7.02. The second-order valence-electron chi connectivity index (χ2n) is 3.42. The van der Waals surface area contributed by atoms with Crippen molar-refractivity contribution in [2.45, 2.75) is 31.3 Å². The van der Waals surface area contributed by atoms with Gasteiger partial charge >= 0.3 is 0 Å². The molecule has 0 radical (unpaired) electrons. The van der Waals surface area contributed by atoms with Crippen LogP contribution in [0.5, 0.6) is 0 Å². The lowest BCUT2D eigenvalue weighted by atomic mass is 10.2. The average molecular weight is 213 g/mol. The van der Waals surface area contributed by atoms with Crippen LogP contribution in [0, 0.1) is 5.82 Å². The summed E-state index contributed by atoms with van der Waals surface area (Å²) >= 11 is 1.82. The highest BCUT2D eigenvalue weighted by atomic mass is 32.2. The Balaban J connectivity index is 2.58. The molecule has 0 fully saturated rings. The van der Waals surface area contributed by atoms with Gasteiger partial charge in [-0.3, -0.25) is 0 Å². The second-order valence-corrected chi connectivity index (χ2v) is 4.85. The van der Waals surface area contributed by atoms with Gasteiger partial charge in [-0.15, -0.1) is 0 Å². The molecule has 0 aliphatic rings. The Kier molecular flexibility index (Phi) is 4.26. The van der Waals surface area contributed by atoms with Crippen LogP contribution in [-0.2, 0) is 5.75 Å². The number of halogens is 1. The molecule has 0 saturated carbocycles. The summed E-state index contributed by atoms with van der Waals surface area (Å²) in [6.07, 6.45) is 1.13. The number of benzene rings is 1. The van der Waals surface area contributed by atoms with E-state index >= 15 is 0 Å². The predicted octanol–water partition coefficient (Wildman–Crippen LogP) is 3.44. The van der Waals surface area contributed by atoms with Crippen LogP contribution in [0.3, 0.4) is 0 Å². The van der Waals surface area contributed by atoms with Crippen LogP contribution in [0.4, 0.5) is 10.1 Å². The van der Waals surface area contributed by atoms with Gasteiger partial charge in [0.25, 0.3) is 0 Å². The molecule has 0 bridgehead atoms. The van der Waals surface area contributed by atoms with Gasteiger partial charge in [0.15, 0.2) is 0 Å². The Hall–Kier alpha value is -0.700. The summed E-state index contributed by atoms with van der Waals surface area (Å²) < 4.78 is 12.9. The zero-order valence-electron chi connectivity index (χ0n) is 8.59. The number of hydrogen-bond donors (Lipinski definition) is 1. The lowest BCUT2D eigenvalue weighted by molar-refractivity contribution is 0.627. The largest absolute Gasteiger partial charge is 0.399 e. The van der Waals surface area contributed by atoms with E-state index in [1.807, 2.05) is 17.8 Å².